The van der Waals surface area contributed by atoms with E-state index in [4.69, 9.17) is 19.0 Å². The van der Waals surface area contributed by atoms with Gasteiger partial charge in [0.05, 0.1) is 38.6 Å². The molecule has 1 N–H and O–H groups in total. The number of fused-ring (bicyclic) bond motifs is 4. The zero-order chi connectivity index (χ0) is 29.8. The van der Waals surface area contributed by atoms with Gasteiger partial charge in [0.1, 0.15) is 0 Å². The second-order valence-electron chi connectivity index (χ2n) is 13.7. The van der Waals surface area contributed by atoms with Crippen molar-refractivity contribution in [3.8, 4) is 0 Å². The van der Waals surface area contributed by atoms with Crippen LogP contribution >= 0.6 is 0 Å². The van der Waals surface area contributed by atoms with Gasteiger partial charge in [-0.05, 0) is 91.4 Å². The lowest BCUT2D eigenvalue weighted by atomic mass is 9.44. The molecule has 6 rings (SSSR count). The summed E-state index contributed by atoms with van der Waals surface area (Å²) in [4.78, 5) is 18.0. The minimum Gasteiger partial charge on any atom is -0.385 e. The molecule has 3 saturated carbocycles. The van der Waals surface area contributed by atoms with Crippen molar-refractivity contribution >= 4 is 5.91 Å². The average Bonchev–Trinajstić information content (AvgIpc) is 3.59. The first kappa shape index (κ1) is 30.0. The monoisotopic (exact) mass is 579 g/mol. The van der Waals surface area contributed by atoms with Gasteiger partial charge in [0.2, 0.25) is 0 Å². The van der Waals surface area contributed by atoms with Crippen LogP contribution < -0.4 is 0 Å². The maximum Gasteiger partial charge on any atom is 0.277 e. The molecular formula is C35H49NO6. The van der Waals surface area contributed by atoms with Gasteiger partial charge in [0, 0.05) is 31.4 Å². The number of carbonyl (C=O) groups excluding carboxylic acids is 1. The molecule has 4 aliphatic carbocycles. The first-order valence-electron chi connectivity index (χ1n) is 16.0. The quantitative estimate of drug-likeness (QED) is 0.220. The standard InChI is InChI=1S/C35H49NO6/c1-6-8-19-40-29-14-13-28-32(29,3)22-26(24-9-11-25(12-10-24)31(37)36(4)39-5)30-27-15-16-35(41-20-21-42-35)23-34(27,38)18-17-33(28,30)7-2/h6,9-12,26,28-29,38H,1,7-8,13-23H2,2-5H3. The Morgan fingerprint density at radius 2 is 1.90 bits per heavy atom. The van der Waals surface area contributed by atoms with Crippen molar-refractivity contribution in [2.45, 2.75) is 101 Å². The Bertz CT molecular complexity index is 1220. The molecule has 6 atom stereocenters. The number of hydrogen-bond donors (Lipinski definition) is 1. The van der Waals surface area contributed by atoms with Gasteiger partial charge in [-0.2, -0.15) is 0 Å². The number of rotatable bonds is 8. The molecule has 1 aromatic carbocycles. The Morgan fingerprint density at radius 3 is 2.57 bits per heavy atom. The van der Waals surface area contributed by atoms with Gasteiger partial charge >= 0.3 is 0 Å². The summed E-state index contributed by atoms with van der Waals surface area (Å²) in [5.41, 5.74) is 3.61. The van der Waals surface area contributed by atoms with Gasteiger partial charge in [0.25, 0.3) is 5.91 Å². The van der Waals surface area contributed by atoms with Gasteiger partial charge in [0.15, 0.2) is 5.79 Å². The summed E-state index contributed by atoms with van der Waals surface area (Å²) in [7, 11) is 3.13. The van der Waals surface area contributed by atoms with E-state index >= 15 is 0 Å². The van der Waals surface area contributed by atoms with Crippen LogP contribution in [0.25, 0.3) is 0 Å². The summed E-state index contributed by atoms with van der Waals surface area (Å²) in [5.74, 6) is -0.188. The summed E-state index contributed by atoms with van der Waals surface area (Å²) in [5, 5.41) is 13.7. The molecule has 42 heavy (non-hydrogen) atoms. The highest BCUT2D eigenvalue weighted by Crippen LogP contribution is 2.71. The van der Waals surface area contributed by atoms with Crippen LogP contribution in [0.5, 0.6) is 0 Å². The van der Waals surface area contributed by atoms with Gasteiger partial charge in [-0.1, -0.05) is 37.6 Å². The summed E-state index contributed by atoms with van der Waals surface area (Å²) in [6.07, 6.45) is 11.0. The number of hydrogen-bond acceptors (Lipinski definition) is 6. The summed E-state index contributed by atoms with van der Waals surface area (Å²) < 4.78 is 18.9. The fraction of sp³-hybridized carbons (Fsp3) is 0.686. The molecule has 0 radical (unpaired) electrons. The van der Waals surface area contributed by atoms with Crippen molar-refractivity contribution in [1.82, 2.24) is 5.06 Å². The average molecular weight is 580 g/mol. The smallest absolute Gasteiger partial charge is 0.277 e. The molecule has 1 spiro atoms. The van der Waals surface area contributed by atoms with Crippen molar-refractivity contribution in [2.75, 3.05) is 34.0 Å². The molecule has 5 aliphatic rings. The van der Waals surface area contributed by atoms with Crippen LogP contribution in [0, 0.1) is 16.7 Å². The fourth-order valence-electron chi connectivity index (χ4n) is 9.85. The normalized spacial score (nSPS) is 36.8. The molecule has 1 heterocycles. The number of amides is 1. The highest BCUT2D eigenvalue weighted by atomic mass is 16.7. The van der Waals surface area contributed by atoms with E-state index in [1.54, 1.807) is 7.05 Å². The van der Waals surface area contributed by atoms with Gasteiger partial charge in [-0.3, -0.25) is 9.63 Å². The van der Waals surface area contributed by atoms with Gasteiger partial charge < -0.3 is 19.3 Å². The van der Waals surface area contributed by atoms with E-state index < -0.39 is 11.4 Å². The van der Waals surface area contributed by atoms with E-state index in [2.05, 4.69) is 32.6 Å². The fourth-order valence-corrected chi connectivity index (χ4v) is 9.85. The molecular weight excluding hydrogens is 530 g/mol. The van der Waals surface area contributed by atoms with Crippen molar-refractivity contribution < 1.29 is 28.9 Å². The lowest BCUT2D eigenvalue weighted by Crippen LogP contribution is -2.57. The van der Waals surface area contributed by atoms with E-state index in [-0.39, 0.29) is 28.8 Å². The first-order chi connectivity index (χ1) is 20.2. The molecule has 7 heteroatoms. The third-order valence-corrected chi connectivity index (χ3v) is 11.8. The molecule has 7 nitrogen and oxygen atoms in total. The minimum atomic E-state index is -0.919. The van der Waals surface area contributed by atoms with Crippen LogP contribution in [0.15, 0.2) is 48.1 Å². The van der Waals surface area contributed by atoms with E-state index in [0.717, 1.165) is 57.8 Å². The van der Waals surface area contributed by atoms with E-state index in [0.29, 0.717) is 37.7 Å². The topological polar surface area (TPSA) is 77.5 Å². The Morgan fingerprint density at radius 1 is 1.17 bits per heavy atom. The van der Waals surface area contributed by atoms with Crippen molar-refractivity contribution in [1.29, 1.82) is 0 Å². The molecule has 1 aromatic rings. The first-order valence-corrected chi connectivity index (χ1v) is 16.0. The third-order valence-electron chi connectivity index (χ3n) is 11.8. The Hall–Kier alpha value is -2.03. The lowest BCUT2D eigenvalue weighted by Gasteiger charge is -2.62. The molecule has 1 aliphatic heterocycles. The van der Waals surface area contributed by atoms with Gasteiger partial charge in [-0.25, -0.2) is 5.06 Å². The second-order valence-corrected chi connectivity index (χ2v) is 13.7. The number of nitrogens with zero attached hydrogens (tertiary/aromatic N) is 1. The summed E-state index contributed by atoms with van der Waals surface area (Å²) in [6, 6.07) is 8.11. The molecule has 4 fully saturated rings. The summed E-state index contributed by atoms with van der Waals surface area (Å²) in [6.45, 7) is 10.6. The minimum absolute atomic E-state index is 0.00241. The number of ether oxygens (including phenoxy) is 3. The maximum absolute atomic E-state index is 12.8. The predicted octanol–water partition coefficient (Wildman–Crippen LogP) is 6.33. The predicted molar refractivity (Wildman–Crippen MR) is 161 cm³/mol. The Balaban J connectivity index is 1.46. The van der Waals surface area contributed by atoms with E-state index in [9.17, 15) is 9.90 Å². The van der Waals surface area contributed by atoms with Crippen molar-refractivity contribution in [3.05, 3.63) is 59.2 Å². The number of allylic oxidation sites excluding steroid dienone is 1. The second kappa shape index (κ2) is 11.2. The number of carbonyl (C=O) groups is 1. The Kier molecular flexibility index (Phi) is 7.97. The SMILES string of the molecule is C=CCCOC1CCC2C3(CC)CCC4(O)CC5(CCC4=C3C(c3ccc(C(=O)N(C)OC)cc3)CC12C)OCCO5. The Labute approximate surface area is 251 Å². The number of hydroxylamine groups is 2. The molecule has 0 aromatic heterocycles. The molecule has 1 amide bonds. The molecule has 6 unspecified atom stereocenters. The highest BCUT2D eigenvalue weighted by molar-refractivity contribution is 5.93. The van der Waals surface area contributed by atoms with E-state index in [1.165, 1.54) is 28.9 Å². The van der Waals surface area contributed by atoms with Crippen LogP contribution in [0.2, 0.25) is 0 Å². The zero-order valence-electron chi connectivity index (χ0n) is 26.0. The van der Waals surface area contributed by atoms with E-state index in [1.807, 2.05) is 18.2 Å². The highest BCUT2D eigenvalue weighted by Gasteiger charge is 2.65. The molecule has 1 saturated heterocycles. The van der Waals surface area contributed by atoms with Crippen LogP contribution in [-0.2, 0) is 19.0 Å². The maximum atomic E-state index is 12.8. The lowest BCUT2D eigenvalue weighted by molar-refractivity contribution is -0.210. The summed E-state index contributed by atoms with van der Waals surface area (Å²) >= 11 is 0. The van der Waals surface area contributed by atoms with Crippen LogP contribution in [0.1, 0.15) is 99.9 Å². The van der Waals surface area contributed by atoms with Crippen LogP contribution in [0.4, 0.5) is 0 Å². The molecule has 0 bridgehead atoms. The zero-order valence-corrected chi connectivity index (χ0v) is 26.0. The third kappa shape index (κ3) is 4.62. The number of benzene rings is 1. The van der Waals surface area contributed by atoms with Crippen molar-refractivity contribution in [2.24, 2.45) is 16.7 Å². The van der Waals surface area contributed by atoms with Crippen molar-refractivity contribution in [3.63, 3.8) is 0 Å². The van der Waals surface area contributed by atoms with Crippen LogP contribution in [-0.4, -0.2) is 67.5 Å². The number of aliphatic hydroxyl groups is 1. The van der Waals surface area contributed by atoms with Gasteiger partial charge in [-0.15, -0.1) is 6.58 Å². The largest absolute Gasteiger partial charge is 0.385 e. The van der Waals surface area contributed by atoms with Crippen LogP contribution in [0.3, 0.4) is 0 Å². The molecule has 230 valence electrons.